The second-order valence-corrected chi connectivity index (χ2v) is 8.17. The summed E-state index contributed by atoms with van der Waals surface area (Å²) < 4.78 is 63.0. The van der Waals surface area contributed by atoms with Crippen molar-refractivity contribution < 1.29 is 36.6 Å². The largest absolute Gasteiger partial charge is 0.487 e. The molecule has 1 N–H and O–H groups in total. The van der Waals surface area contributed by atoms with Crippen LogP contribution in [0.2, 0.25) is 0 Å². The van der Waals surface area contributed by atoms with E-state index in [2.05, 4.69) is 5.32 Å². The average Bonchev–Trinajstić information content (AvgIpc) is 2.66. The van der Waals surface area contributed by atoms with Crippen molar-refractivity contribution >= 4 is 11.9 Å². The fourth-order valence-electron chi connectivity index (χ4n) is 4.11. The minimum absolute atomic E-state index is 0.0420. The van der Waals surface area contributed by atoms with Gasteiger partial charge in [-0.25, -0.2) is 9.18 Å². The summed E-state index contributed by atoms with van der Waals surface area (Å²) in [5, 5.41) is 2.85. The number of hydrogen-bond acceptors (Lipinski definition) is 4. The predicted molar refractivity (Wildman–Crippen MR) is 99.8 cm³/mol. The van der Waals surface area contributed by atoms with Crippen LogP contribution in [0.5, 0.6) is 5.75 Å². The third-order valence-electron chi connectivity index (χ3n) is 6.01. The van der Waals surface area contributed by atoms with Crippen LogP contribution in [0.25, 0.3) is 0 Å². The van der Waals surface area contributed by atoms with Crippen molar-refractivity contribution in [2.24, 2.45) is 5.92 Å². The maximum atomic E-state index is 14.0. The number of carbonyl (C=O) groups is 2. The van der Waals surface area contributed by atoms with Gasteiger partial charge in [-0.05, 0) is 31.5 Å². The van der Waals surface area contributed by atoms with Gasteiger partial charge in [-0.15, -0.1) is 0 Å². The number of hydrogen-bond donors (Lipinski definition) is 1. The van der Waals surface area contributed by atoms with Gasteiger partial charge in [0.15, 0.2) is 11.6 Å². The van der Waals surface area contributed by atoms with Crippen molar-refractivity contribution in [3.05, 3.63) is 29.6 Å². The average molecular weight is 445 g/mol. The third-order valence-corrected chi connectivity index (χ3v) is 6.01. The number of alkyl halides is 3. The molecule has 3 atom stereocenters. The van der Waals surface area contributed by atoms with Crippen LogP contribution >= 0.6 is 0 Å². The molecule has 1 aromatic carbocycles. The van der Waals surface area contributed by atoms with Crippen LogP contribution in [0, 0.1) is 11.7 Å². The first-order chi connectivity index (χ1) is 14.6. The molecule has 3 saturated heterocycles. The van der Waals surface area contributed by atoms with Crippen LogP contribution in [-0.2, 0) is 15.7 Å². The second-order valence-electron chi connectivity index (χ2n) is 8.17. The number of ether oxygens (including phenoxy) is 2. The molecule has 0 radical (unpaired) electrons. The number of carbonyl (C=O) groups excluding carboxylic acids is 2. The molecule has 11 heteroatoms. The molecule has 0 bridgehead atoms. The normalized spacial score (nSPS) is 25.4. The Kier molecular flexibility index (Phi) is 5.71. The summed E-state index contributed by atoms with van der Waals surface area (Å²) in [5.41, 5.74) is -1.08. The Bertz CT molecular complexity index is 859. The molecule has 3 heterocycles. The first-order valence-corrected chi connectivity index (χ1v) is 10.1. The minimum Gasteiger partial charge on any atom is -0.487 e. The fraction of sp³-hybridized carbons (Fsp3) is 0.600. The zero-order chi connectivity index (χ0) is 22.3. The van der Waals surface area contributed by atoms with E-state index in [1.165, 1.54) is 0 Å². The highest BCUT2D eigenvalue weighted by molar-refractivity contribution is 5.79. The lowest BCUT2D eigenvalue weighted by Gasteiger charge is -2.47. The molecule has 4 rings (SSSR count). The number of nitrogens with one attached hydrogen (secondary N) is 1. The van der Waals surface area contributed by atoms with Gasteiger partial charge in [0, 0.05) is 32.1 Å². The highest BCUT2D eigenvalue weighted by Gasteiger charge is 2.41. The number of piperidine rings is 1. The SMILES string of the molecule is C[C@@H](Oc1ccc(C(F)(F)F)cc1F)C1CN(C(=O)N2CC[C@@H]3OCC(=O)N[C@@H]3C2)C1. The quantitative estimate of drug-likeness (QED) is 0.725. The van der Waals surface area contributed by atoms with E-state index in [1.54, 1.807) is 16.7 Å². The number of rotatable bonds is 3. The number of fused-ring (bicyclic) bond motifs is 1. The van der Waals surface area contributed by atoms with E-state index < -0.39 is 23.7 Å². The van der Waals surface area contributed by atoms with Gasteiger partial charge in [0.1, 0.15) is 12.7 Å². The van der Waals surface area contributed by atoms with Crippen LogP contribution < -0.4 is 10.1 Å². The summed E-state index contributed by atoms with van der Waals surface area (Å²) >= 11 is 0. The first-order valence-electron chi connectivity index (χ1n) is 10.1. The summed E-state index contributed by atoms with van der Waals surface area (Å²) in [7, 11) is 0. The maximum absolute atomic E-state index is 14.0. The number of morpholine rings is 1. The van der Waals surface area contributed by atoms with Crippen molar-refractivity contribution in [2.45, 2.75) is 37.8 Å². The number of halogens is 4. The third kappa shape index (κ3) is 4.56. The molecule has 3 fully saturated rings. The minimum atomic E-state index is -4.62. The van der Waals surface area contributed by atoms with E-state index in [-0.39, 0.29) is 42.4 Å². The molecule has 31 heavy (non-hydrogen) atoms. The molecule has 0 aromatic heterocycles. The smallest absolute Gasteiger partial charge is 0.416 e. The zero-order valence-corrected chi connectivity index (χ0v) is 16.8. The van der Waals surface area contributed by atoms with Crippen molar-refractivity contribution in [1.29, 1.82) is 0 Å². The molecule has 1 aromatic rings. The number of amides is 3. The predicted octanol–water partition coefficient (Wildman–Crippen LogP) is 2.25. The summed E-state index contributed by atoms with van der Waals surface area (Å²) in [5.74, 6) is -1.59. The number of urea groups is 1. The van der Waals surface area contributed by atoms with Crippen molar-refractivity contribution in [1.82, 2.24) is 15.1 Å². The Morgan fingerprint density at radius 1 is 1.26 bits per heavy atom. The molecular formula is C20H23F4N3O4. The number of likely N-dealkylation sites (tertiary alicyclic amines) is 2. The Balaban J connectivity index is 1.28. The standard InChI is InChI=1S/C20H23F4N3O4/c1-11(31-16-3-2-13(6-14(16)21)20(22,23)24)12-7-27(8-12)19(29)26-5-4-17-15(9-26)25-18(28)10-30-17/h2-3,6,11-12,15,17H,4-5,7-10H2,1H3,(H,25,28)/t11-,15-,17+/m1/s1. The van der Waals surface area contributed by atoms with Gasteiger partial charge in [0.25, 0.3) is 0 Å². The van der Waals surface area contributed by atoms with Crippen molar-refractivity contribution in [2.75, 3.05) is 32.8 Å². The monoisotopic (exact) mass is 445 g/mol. The van der Waals surface area contributed by atoms with Crippen LogP contribution in [0.3, 0.4) is 0 Å². The summed E-state index contributed by atoms with van der Waals surface area (Å²) in [6, 6.07) is 1.79. The number of benzene rings is 1. The Hall–Kier alpha value is -2.56. The topological polar surface area (TPSA) is 71.1 Å². The number of nitrogens with zero attached hydrogens (tertiary/aromatic N) is 2. The molecule has 0 saturated carbocycles. The summed E-state index contributed by atoms with van der Waals surface area (Å²) in [6.45, 7) is 3.44. The van der Waals surface area contributed by atoms with Crippen molar-refractivity contribution in [3.63, 3.8) is 0 Å². The van der Waals surface area contributed by atoms with Gasteiger partial charge in [0.2, 0.25) is 5.91 Å². The van der Waals surface area contributed by atoms with E-state index in [9.17, 15) is 27.2 Å². The van der Waals surface area contributed by atoms with Crippen LogP contribution in [-0.4, -0.2) is 72.8 Å². The van der Waals surface area contributed by atoms with Crippen LogP contribution in [0.1, 0.15) is 18.9 Å². The lowest BCUT2D eigenvalue weighted by atomic mass is 9.94. The van der Waals surface area contributed by atoms with Crippen LogP contribution in [0.4, 0.5) is 22.4 Å². The first kappa shape index (κ1) is 21.7. The summed E-state index contributed by atoms with van der Waals surface area (Å²) in [4.78, 5) is 27.6. The van der Waals surface area contributed by atoms with Crippen molar-refractivity contribution in [3.8, 4) is 5.75 Å². The Morgan fingerprint density at radius 3 is 2.68 bits per heavy atom. The van der Waals surface area contributed by atoms with Gasteiger partial charge in [-0.2, -0.15) is 13.2 Å². The fourth-order valence-corrected chi connectivity index (χ4v) is 4.11. The summed E-state index contributed by atoms with van der Waals surface area (Å²) in [6.07, 6.45) is -4.55. The zero-order valence-electron chi connectivity index (χ0n) is 16.8. The maximum Gasteiger partial charge on any atom is 0.416 e. The van der Waals surface area contributed by atoms with Gasteiger partial charge in [-0.3, -0.25) is 4.79 Å². The lowest BCUT2D eigenvalue weighted by Crippen LogP contribution is -2.64. The Morgan fingerprint density at radius 2 is 2.00 bits per heavy atom. The molecular weight excluding hydrogens is 422 g/mol. The second kappa shape index (κ2) is 8.18. The molecule has 3 amide bonds. The molecule has 3 aliphatic rings. The lowest BCUT2D eigenvalue weighted by molar-refractivity contribution is -0.140. The van der Waals surface area contributed by atoms with E-state index >= 15 is 0 Å². The van der Waals surface area contributed by atoms with Gasteiger partial charge in [-0.1, -0.05) is 0 Å². The highest BCUT2D eigenvalue weighted by Crippen LogP contribution is 2.33. The van der Waals surface area contributed by atoms with Gasteiger partial charge < -0.3 is 24.6 Å². The molecule has 0 unspecified atom stereocenters. The Labute approximate surface area is 176 Å². The van der Waals surface area contributed by atoms with E-state index in [0.29, 0.717) is 38.7 Å². The van der Waals surface area contributed by atoms with Gasteiger partial charge >= 0.3 is 12.2 Å². The van der Waals surface area contributed by atoms with Crippen LogP contribution in [0.15, 0.2) is 18.2 Å². The highest BCUT2D eigenvalue weighted by atomic mass is 19.4. The van der Waals surface area contributed by atoms with E-state index in [4.69, 9.17) is 9.47 Å². The van der Waals surface area contributed by atoms with E-state index in [1.807, 2.05) is 0 Å². The van der Waals surface area contributed by atoms with E-state index in [0.717, 1.165) is 12.1 Å². The van der Waals surface area contributed by atoms with Gasteiger partial charge in [0.05, 0.1) is 17.7 Å². The molecule has 7 nitrogen and oxygen atoms in total. The molecule has 0 aliphatic carbocycles. The molecule has 170 valence electrons. The molecule has 3 aliphatic heterocycles. The molecule has 0 spiro atoms.